The molecule has 166 valence electrons. The van der Waals surface area contributed by atoms with Crippen LogP contribution in [0.1, 0.15) is 25.3 Å². The number of piperazine rings is 1. The number of benzene rings is 1. The summed E-state index contributed by atoms with van der Waals surface area (Å²) in [5.41, 5.74) is 0.892. The van der Waals surface area contributed by atoms with Gasteiger partial charge in [-0.1, -0.05) is 19.1 Å². The summed E-state index contributed by atoms with van der Waals surface area (Å²) < 4.78 is 13.0. The molecular formula is C23H31FN6O. The Morgan fingerprint density at radius 3 is 2.32 bits per heavy atom. The highest BCUT2D eigenvalue weighted by atomic mass is 19.1. The van der Waals surface area contributed by atoms with E-state index in [2.05, 4.69) is 37.1 Å². The number of likely N-dealkylation sites (N-methyl/N-ethyl adjacent to an activating group) is 1. The van der Waals surface area contributed by atoms with Crippen LogP contribution in [0.2, 0.25) is 0 Å². The second-order valence-corrected chi connectivity index (χ2v) is 8.30. The first kappa shape index (κ1) is 21.5. The summed E-state index contributed by atoms with van der Waals surface area (Å²) in [6.45, 7) is 9.27. The molecule has 0 aliphatic carbocycles. The minimum absolute atomic E-state index is 0.0346. The van der Waals surface area contributed by atoms with Gasteiger partial charge in [0.25, 0.3) is 0 Å². The maximum Gasteiger partial charge on any atom is 0.225 e. The van der Waals surface area contributed by atoms with Crippen molar-refractivity contribution in [1.29, 1.82) is 0 Å². The molecule has 2 aliphatic rings. The maximum atomic E-state index is 13.0. The van der Waals surface area contributed by atoms with Crippen LogP contribution >= 0.6 is 0 Å². The number of amides is 1. The molecular weight excluding hydrogens is 395 g/mol. The van der Waals surface area contributed by atoms with Gasteiger partial charge in [-0.3, -0.25) is 4.79 Å². The van der Waals surface area contributed by atoms with E-state index in [9.17, 15) is 9.18 Å². The number of rotatable bonds is 6. The van der Waals surface area contributed by atoms with Gasteiger partial charge in [-0.05, 0) is 49.2 Å². The van der Waals surface area contributed by atoms with Gasteiger partial charge in [0, 0.05) is 45.8 Å². The van der Waals surface area contributed by atoms with E-state index in [0.717, 1.165) is 69.3 Å². The zero-order valence-electron chi connectivity index (χ0n) is 18.1. The van der Waals surface area contributed by atoms with Crippen molar-refractivity contribution in [3.8, 4) is 0 Å². The Labute approximate surface area is 183 Å². The molecule has 0 saturated carbocycles. The molecule has 2 aromatic rings. The van der Waals surface area contributed by atoms with Gasteiger partial charge in [0.1, 0.15) is 5.82 Å². The lowest BCUT2D eigenvalue weighted by atomic mass is 9.97. The summed E-state index contributed by atoms with van der Waals surface area (Å²) in [5, 5.41) is 11.9. The fourth-order valence-electron chi connectivity index (χ4n) is 4.28. The highest BCUT2D eigenvalue weighted by molar-refractivity contribution is 5.79. The van der Waals surface area contributed by atoms with Crippen LogP contribution in [0.15, 0.2) is 36.4 Å². The molecule has 0 spiro atoms. The number of halogens is 1. The summed E-state index contributed by atoms with van der Waals surface area (Å²) in [4.78, 5) is 19.5. The molecule has 1 amide bonds. The largest absolute Gasteiger partial charge is 0.354 e. The lowest BCUT2D eigenvalue weighted by Crippen LogP contribution is -2.46. The number of nitrogens with one attached hydrogen (secondary N) is 1. The molecule has 4 rings (SSSR count). The molecule has 1 N–H and O–H groups in total. The van der Waals surface area contributed by atoms with Gasteiger partial charge in [-0.2, -0.15) is 0 Å². The number of carbonyl (C=O) groups is 1. The second kappa shape index (κ2) is 10.0. The lowest BCUT2D eigenvalue weighted by Gasteiger charge is -2.35. The molecule has 2 aliphatic heterocycles. The monoisotopic (exact) mass is 426 g/mol. The normalized spacial score (nSPS) is 20.0. The molecule has 1 aromatic heterocycles. The summed E-state index contributed by atoms with van der Waals surface area (Å²) in [7, 11) is 0. The number of nitrogens with zero attached hydrogens (tertiary/aromatic N) is 5. The molecule has 7 nitrogen and oxygen atoms in total. The Balaban J connectivity index is 1.30. The van der Waals surface area contributed by atoms with Crippen molar-refractivity contribution in [3.05, 3.63) is 47.8 Å². The van der Waals surface area contributed by atoms with E-state index in [-0.39, 0.29) is 17.6 Å². The molecule has 1 unspecified atom stereocenters. The molecule has 0 radical (unpaired) electrons. The fourth-order valence-corrected chi connectivity index (χ4v) is 4.28. The smallest absolute Gasteiger partial charge is 0.225 e. The molecule has 31 heavy (non-hydrogen) atoms. The van der Waals surface area contributed by atoms with E-state index >= 15 is 0 Å². The van der Waals surface area contributed by atoms with Gasteiger partial charge in [-0.25, -0.2) is 4.39 Å². The van der Waals surface area contributed by atoms with Gasteiger partial charge >= 0.3 is 0 Å². The highest BCUT2D eigenvalue weighted by Crippen LogP contribution is 2.23. The Morgan fingerprint density at radius 2 is 1.68 bits per heavy atom. The minimum Gasteiger partial charge on any atom is -0.354 e. The molecule has 3 heterocycles. The quantitative estimate of drug-likeness (QED) is 0.765. The topological polar surface area (TPSA) is 64.6 Å². The van der Waals surface area contributed by atoms with Gasteiger partial charge < -0.3 is 20.0 Å². The molecule has 1 aromatic carbocycles. The number of carbonyl (C=O) groups excluding carboxylic acids is 1. The van der Waals surface area contributed by atoms with E-state index in [1.807, 2.05) is 12.1 Å². The van der Waals surface area contributed by atoms with E-state index < -0.39 is 0 Å². The number of hydrogen-bond acceptors (Lipinski definition) is 6. The van der Waals surface area contributed by atoms with Crippen molar-refractivity contribution in [2.75, 3.05) is 55.6 Å². The van der Waals surface area contributed by atoms with E-state index in [0.29, 0.717) is 13.1 Å². The van der Waals surface area contributed by atoms with Crippen LogP contribution in [0.4, 0.5) is 16.0 Å². The predicted molar refractivity (Wildman–Crippen MR) is 120 cm³/mol. The minimum atomic E-state index is -0.270. The number of anilines is 2. The van der Waals surface area contributed by atoms with Crippen molar-refractivity contribution >= 4 is 17.5 Å². The third-order valence-corrected chi connectivity index (χ3v) is 6.28. The molecule has 1 atom stereocenters. The zero-order chi connectivity index (χ0) is 21.6. The first-order chi connectivity index (χ1) is 15.1. The first-order valence-corrected chi connectivity index (χ1v) is 11.2. The standard InChI is InChI=1S/C23H31FN6O/c1-2-28-12-14-29(15-13-28)21-9-10-22(27-26-21)30-11-3-4-19(17-30)23(31)25-16-18-5-7-20(24)8-6-18/h5-10,19H,2-4,11-17H2,1H3,(H,25,31). The maximum absolute atomic E-state index is 13.0. The fraction of sp³-hybridized carbons (Fsp3) is 0.522. The van der Waals surface area contributed by atoms with E-state index in [1.54, 1.807) is 12.1 Å². The summed E-state index contributed by atoms with van der Waals surface area (Å²) in [6.07, 6.45) is 1.80. The van der Waals surface area contributed by atoms with Gasteiger partial charge in [0.2, 0.25) is 5.91 Å². The average Bonchev–Trinajstić information content (AvgIpc) is 2.84. The van der Waals surface area contributed by atoms with Crippen LogP contribution in [0.25, 0.3) is 0 Å². The van der Waals surface area contributed by atoms with Crippen molar-refractivity contribution in [2.24, 2.45) is 5.92 Å². The van der Waals surface area contributed by atoms with Crippen LogP contribution in [-0.2, 0) is 11.3 Å². The predicted octanol–water partition coefficient (Wildman–Crippen LogP) is 2.29. The Hall–Kier alpha value is -2.74. The average molecular weight is 427 g/mol. The SMILES string of the molecule is CCN1CCN(c2ccc(N3CCCC(C(=O)NCc4ccc(F)cc4)C3)nn2)CC1. The summed E-state index contributed by atoms with van der Waals surface area (Å²) in [6, 6.07) is 10.3. The zero-order valence-corrected chi connectivity index (χ0v) is 18.1. The van der Waals surface area contributed by atoms with Gasteiger partial charge in [-0.15, -0.1) is 10.2 Å². The van der Waals surface area contributed by atoms with E-state index in [4.69, 9.17) is 0 Å². The van der Waals surface area contributed by atoms with Crippen LogP contribution < -0.4 is 15.1 Å². The molecule has 2 fully saturated rings. The Kier molecular flexibility index (Phi) is 6.96. The van der Waals surface area contributed by atoms with Crippen LogP contribution in [0.5, 0.6) is 0 Å². The van der Waals surface area contributed by atoms with Crippen molar-refractivity contribution in [1.82, 2.24) is 20.4 Å². The number of piperidine rings is 1. The lowest BCUT2D eigenvalue weighted by molar-refractivity contribution is -0.125. The van der Waals surface area contributed by atoms with Crippen molar-refractivity contribution in [3.63, 3.8) is 0 Å². The number of hydrogen-bond donors (Lipinski definition) is 1. The first-order valence-electron chi connectivity index (χ1n) is 11.2. The Bertz CT molecular complexity index is 851. The second-order valence-electron chi connectivity index (χ2n) is 8.30. The Morgan fingerprint density at radius 1 is 1.00 bits per heavy atom. The summed E-state index contributed by atoms with van der Waals surface area (Å²) in [5.74, 6) is 1.43. The summed E-state index contributed by atoms with van der Waals surface area (Å²) >= 11 is 0. The molecule has 0 bridgehead atoms. The van der Waals surface area contributed by atoms with Gasteiger partial charge in [0.05, 0.1) is 5.92 Å². The third kappa shape index (κ3) is 5.50. The molecule has 2 saturated heterocycles. The van der Waals surface area contributed by atoms with E-state index in [1.165, 1.54) is 12.1 Å². The van der Waals surface area contributed by atoms with Crippen molar-refractivity contribution in [2.45, 2.75) is 26.3 Å². The van der Waals surface area contributed by atoms with Crippen LogP contribution in [0, 0.1) is 11.7 Å². The molecule has 8 heteroatoms. The van der Waals surface area contributed by atoms with Crippen LogP contribution in [0.3, 0.4) is 0 Å². The van der Waals surface area contributed by atoms with Gasteiger partial charge in [0.15, 0.2) is 11.6 Å². The third-order valence-electron chi connectivity index (χ3n) is 6.28. The highest BCUT2D eigenvalue weighted by Gasteiger charge is 2.27. The van der Waals surface area contributed by atoms with Crippen molar-refractivity contribution < 1.29 is 9.18 Å². The van der Waals surface area contributed by atoms with Crippen LogP contribution in [-0.4, -0.2) is 66.8 Å². The number of aromatic nitrogens is 2.